The highest BCUT2D eigenvalue weighted by Crippen LogP contribution is 2.26. The number of carbonyl (C=O) groups is 1. The van der Waals surface area contributed by atoms with Crippen LogP contribution in [0.1, 0.15) is 42.6 Å². The molecule has 0 atom stereocenters. The summed E-state index contributed by atoms with van der Waals surface area (Å²) in [5, 5.41) is 7.49. The molecule has 0 fully saturated rings. The van der Waals surface area contributed by atoms with Crippen molar-refractivity contribution >= 4 is 60.7 Å². The van der Waals surface area contributed by atoms with Gasteiger partial charge in [-0.05, 0) is 59.7 Å². The molecular formula is C27H25BrCl2N4O4S. The third-order valence-corrected chi connectivity index (χ3v) is 8.63. The second kappa shape index (κ2) is 12.6. The normalized spacial score (nSPS) is 11.8. The Morgan fingerprint density at radius 3 is 2.36 bits per heavy atom. The smallest absolute Gasteiger partial charge is 0.243 e. The number of nitrogens with one attached hydrogen (secondary N) is 1. The van der Waals surface area contributed by atoms with Crippen molar-refractivity contribution in [3.8, 4) is 0 Å². The van der Waals surface area contributed by atoms with Crippen LogP contribution in [0.25, 0.3) is 0 Å². The fraction of sp³-hybridized carbons (Fsp3) is 0.222. The summed E-state index contributed by atoms with van der Waals surface area (Å²) in [6.45, 7) is 3.40. The highest BCUT2D eigenvalue weighted by molar-refractivity contribution is 9.10. The van der Waals surface area contributed by atoms with Crippen LogP contribution in [0.4, 0.5) is 5.69 Å². The first kappa shape index (κ1) is 29.2. The van der Waals surface area contributed by atoms with Gasteiger partial charge < -0.3 is 9.84 Å². The maximum absolute atomic E-state index is 13.5. The average molecular weight is 652 g/mol. The fourth-order valence-corrected chi connectivity index (χ4v) is 5.75. The van der Waals surface area contributed by atoms with Gasteiger partial charge in [-0.3, -0.25) is 4.79 Å². The molecule has 1 amide bonds. The number of nitrogens with zero attached hydrogens (tertiary/aromatic N) is 3. The Bertz CT molecular complexity index is 1560. The Morgan fingerprint density at radius 2 is 1.74 bits per heavy atom. The van der Waals surface area contributed by atoms with E-state index in [0.29, 0.717) is 39.4 Å². The maximum atomic E-state index is 13.5. The molecule has 12 heteroatoms. The minimum atomic E-state index is -4.04. The lowest BCUT2D eigenvalue weighted by Crippen LogP contribution is -2.37. The summed E-state index contributed by atoms with van der Waals surface area (Å²) >= 11 is 15.6. The molecular weight excluding hydrogens is 627 g/mol. The molecule has 3 aromatic carbocycles. The van der Waals surface area contributed by atoms with Gasteiger partial charge in [-0.1, -0.05) is 76.3 Å². The summed E-state index contributed by atoms with van der Waals surface area (Å²) in [5.41, 5.74) is 1.96. The molecule has 0 radical (unpaired) electrons. The second-order valence-electron chi connectivity index (χ2n) is 9.09. The van der Waals surface area contributed by atoms with Gasteiger partial charge in [0.25, 0.3) is 0 Å². The Labute approximate surface area is 245 Å². The van der Waals surface area contributed by atoms with E-state index in [0.717, 1.165) is 14.3 Å². The zero-order valence-electron chi connectivity index (χ0n) is 21.1. The van der Waals surface area contributed by atoms with Crippen LogP contribution in [0, 0.1) is 0 Å². The van der Waals surface area contributed by atoms with Crippen LogP contribution in [-0.2, 0) is 27.8 Å². The van der Waals surface area contributed by atoms with Crippen LogP contribution in [0.2, 0.25) is 10.0 Å². The van der Waals surface area contributed by atoms with Crippen molar-refractivity contribution in [1.82, 2.24) is 14.4 Å². The highest BCUT2D eigenvalue weighted by atomic mass is 79.9. The Morgan fingerprint density at radius 1 is 1.05 bits per heavy atom. The predicted molar refractivity (Wildman–Crippen MR) is 154 cm³/mol. The third-order valence-electron chi connectivity index (χ3n) is 5.71. The summed E-state index contributed by atoms with van der Waals surface area (Å²) in [5.74, 6) is 0.793. The summed E-state index contributed by atoms with van der Waals surface area (Å²) in [6.07, 6.45) is 0.478. The molecule has 4 aromatic rings. The van der Waals surface area contributed by atoms with Gasteiger partial charge in [0.2, 0.25) is 21.8 Å². The van der Waals surface area contributed by atoms with E-state index in [1.54, 1.807) is 36.4 Å². The topological polar surface area (TPSA) is 105 Å². The second-order valence-corrected chi connectivity index (χ2v) is 12.8. The minimum Gasteiger partial charge on any atom is -0.339 e. The van der Waals surface area contributed by atoms with Gasteiger partial charge >= 0.3 is 0 Å². The quantitative estimate of drug-likeness (QED) is 0.205. The fourth-order valence-electron chi connectivity index (χ4n) is 3.64. The number of benzene rings is 3. The first-order chi connectivity index (χ1) is 18.5. The first-order valence-corrected chi connectivity index (χ1v) is 14.9. The molecule has 4 rings (SSSR count). The van der Waals surface area contributed by atoms with Gasteiger partial charge in [-0.2, -0.15) is 9.29 Å². The Hall–Kier alpha value is -2.76. The molecule has 0 saturated heterocycles. The number of anilines is 1. The van der Waals surface area contributed by atoms with Crippen molar-refractivity contribution in [2.24, 2.45) is 0 Å². The van der Waals surface area contributed by atoms with Crippen molar-refractivity contribution in [3.63, 3.8) is 0 Å². The monoisotopic (exact) mass is 650 g/mol. The van der Waals surface area contributed by atoms with Crippen LogP contribution in [0.5, 0.6) is 0 Å². The van der Waals surface area contributed by atoms with Gasteiger partial charge in [0.15, 0.2) is 5.82 Å². The lowest BCUT2D eigenvalue weighted by atomic mass is 10.1. The van der Waals surface area contributed by atoms with Crippen molar-refractivity contribution in [2.45, 2.75) is 37.6 Å². The standard InChI is InChI=1S/C27H25BrCl2N4O4S/c1-17(2)27-32-25(33-38-27)13-18-3-9-22(10-4-18)31-26(35)16-34(15-19-5-8-21(29)14-24(19)30)39(36,37)23-11-6-20(28)7-12-23/h3-12,14,17H,13,15-16H2,1-2H3,(H,31,35). The third kappa shape index (κ3) is 7.67. The van der Waals surface area contributed by atoms with E-state index in [1.165, 1.54) is 18.2 Å². The van der Waals surface area contributed by atoms with Gasteiger partial charge in [-0.25, -0.2) is 8.42 Å². The summed E-state index contributed by atoms with van der Waals surface area (Å²) in [4.78, 5) is 17.4. The molecule has 0 unspecified atom stereocenters. The number of halogens is 3. The first-order valence-electron chi connectivity index (χ1n) is 11.9. The van der Waals surface area contributed by atoms with Gasteiger partial charge in [-0.15, -0.1) is 0 Å². The van der Waals surface area contributed by atoms with E-state index in [1.807, 2.05) is 26.0 Å². The van der Waals surface area contributed by atoms with E-state index in [9.17, 15) is 13.2 Å². The number of rotatable bonds is 10. The van der Waals surface area contributed by atoms with Crippen molar-refractivity contribution < 1.29 is 17.7 Å². The zero-order valence-corrected chi connectivity index (χ0v) is 25.0. The lowest BCUT2D eigenvalue weighted by molar-refractivity contribution is -0.116. The average Bonchev–Trinajstić information content (AvgIpc) is 3.35. The molecule has 1 aromatic heterocycles. The van der Waals surface area contributed by atoms with E-state index >= 15 is 0 Å². The lowest BCUT2D eigenvalue weighted by Gasteiger charge is -2.22. The largest absolute Gasteiger partial charge is 0.339 e. The Kier molecular flexibility index (Phi) is 9.45. The minimum absolute atomic E-state index is 0.0510. The number of amides is 1. The van der Waals surface area contributed by atoms with Crippen LogP contribution in [0.3, 0.4) is 0 Å². The van der Waals surface area contributed by atoms with Gasteiger partial charge in [0, 0.05) is 39.1 Å². The van der Waals surface area contributed by atoms with Crippen LogP contribution in [-0.4, -0.2) is 35.3 Å². The molecule has 0 bridgehead atoms. The summed E-state index contributed by atoms with van der Waals surface area (Å²) in [6, 6.07) is 18.1. The van der Waals surface area contributed by atoms with Crippen LogP contribution >= 0.6 is 39.1 Å². The molecule has 39 heavy (non-hydrogen) atoms. The molecule has 1 N–H and O–H groups in total. The van der Waals surface area contributed by atoms with E-state index in [2.05, 4.69) is 31.4 Å². The van der Waals surface area contributed by atoms with E-state index in [-0.39, 0.29) is 17.4 Å². The summed E-state index contributed by atoms with van der Waals surface area (Å²) < 4.78 is 34.1. The molecule has 0 aliphatic heterocycles. The summed E-state index contributed by atoms with van der Waals surface area (Å²) in [7, 11) is -4.04. The molecule has 0 spiro atoms. The SMILES string of the molecule is CC(C)c1nc(Cc2ccc(NC(=O)CN(Cc3ccc(Cl)cc3Cl)S(=O)(=O)c3ccc(Br)cc3)cc2)no1. The van der Waals surface area contributed by atoms with E-state index in [4.69, 9.17) is 27.7 Å². The molecule has 0 aliphatic carbocycles. The molecule has 1 heterocycles. The number of sulfonamides is 1. The van der Waals surface area contributed by atoms with E-state index < -0.39 is 22.5 Å². The number of hydrogen-bond donors (Lipinski definition) is 1. The molecule has 204 valence electrons. The van der Waals surface area contributed by atoms with Crippen molar-refractivity contribution in [1.29, 1.82) is 0 Å². The van der Waals surface area contributed by atoms with Crippen molar-refractivity contribution in [3.05, 3.63) is 104 Å². The zero-order chi connectivity index (χ0) is 28.2. The van der Waals surface area contributed by atoms with Gasteiger partial charge in [0.1, 0.15) is 0 Å². The highest BCUT2D eigenvalue weighted by Gasteiger charge is 2.28. The maximum Gasteiger partial charge on any atom is 0.243 e. The number of carbonyl (C=O) groups excluding carboxylic acids is 1. The molecule has 8 nitrogen and oxygen atoms in total. The number of hydrogen-bond acceptors (Lipinski definition) is 6. The Balaban J connectivity index is 1.49. The van der Waals surface area contributed by atoms with Crippen LogP contribution < -0.4 is 5.32 Å². The number of aromatic nitrogens is 2. The van der Waals surface area contributed by atoms with Crippen LogP contribution in [0.15, 0.2) is 80.6 Å². The van der Waals surface area contributed by atoms with Gasteiger partial charge in [0.05, 0.1) is 11.4 Å². The molecule has 0 saturated carbocycles. The molecule has 0 aliphatic rings. The van der Waals surface area contributed by atoms with Crippen molar-refractivity contribution in [2.75, 3.05) is 11.9 Å². The predicted octanol–water partition coefficient (Wildman–Crippen LogP) is 6.68.